The van der Waals surface area contributed by atoms with Crippen LogP contribution in [0.4, 0.5) is 5.69 Å². The third-order valence-corrected chi connectivity index (χ3v) is 4.13. The standard InChI is InChI=1S/C20H24N2O3/c1-20(2,14-8-6-5-7-9-14)13-18(23)22-17-11-10-15(25-4)12-16(17)19(24)21-3/h5-12H,13H2,1-4H3,(H,21,24)(H,22,23). The Morgan fingerprint density at radius 3 is 2.36 bits per heavy atom. The molecule has 5 nitrogen and oxygen atoms in total. The van der Waals surface area contributed by atoms with Crippen molar-refractivity contribution in [1.29, 1.82) is 0 Å². The Balaban J connectivity index is 2.19. The summed E-state index contributed by atoms with van der Waals surface area (Å²) in [5.74, 6) is 0.127. The predicted molar refractivity (Wildman–Crippen MR) is 99.1 cm³/mol. The Kier molecular flexibility index (Phi) is 5.80. The Morgan fingerprint density at radius 1 is 1.08 bits per heavy atom. The molecule has 2 aromatic rings. The Hall–Kier alpha value is -2.82. The molecule has 0 unspecified atom stereocenters. The van der Waals surface area contributed by atoms with E-state index < -0.39 is 0 Å². The lowest BCUT2D eigenvalue weighted by atomic mass is 9.81. The predicted octanol–water partition coefficient (Wildman–Crippen LogP) is 3.36. The van der Waals surface area contributed by atoms with Gasteiger partial charge in [0.25, 0.3) is 5.91 Å². The van der Waals surface area contributed by atoms with Gasteiger partial charge in [-0.2, -0.15) is 0 Å². The molecule has 0 fully saturated rings. The molecule has 0 aliphatic rings. The summed E-state index contributed by atoms with van der Waals surface area (Å²) in [5.41, 5.74) is 1.61. The minimum atomic E-state index is -0.314. The monoisotopic (exact) mass is 340 g/mol. The molecule has 0 aliphatic carbocycles. The first-order chi connectivity index (χ1) is 11.9. The number of nitrogens with one attached hydrogen (secondary N) is 2. The molecule has 132 valence electrons. The molecule has 0 bridgehead atoms. The van der Waals surface area contributed by atoms with E-state index in [4.69, 9.17) is 4.74 Å². The van der Waals surface area contributed by atoms with Crippen LogP contribution in [0.1, 0.15) is 36.2 Å². The molecule has 2 rings (SSSR count). The third kappa shape index (κ3) is 4.59. The number of hydrogen-bond donors (Lipinski definition) is 2. The minimum absolute atomic E-state index is 0.149. The molecular formula is C20H24N2O3. The number of methoxy groups -OCH3 is 1. The van der Waals surface area contributed by atoms with Crippen LogP contribution >= 0.6 is 0 Å². The van der Waals surface area contributed by atoms with E-state index in [0.717, 1.165) is 5.56 Å². The van der Waals surface area contributed by atoms with Gasteiger partial charge in [-0.05, 0) is 29.2 Å². The van der Waals surface area contributed by atoms with Crippen molar-refractivity contribution in [2.24, 2.45) is 0 Å². The average molecular weight is 340 g/mol. The molecule has 5 heteroatoms. The summed E-state index contributed by atoms with van der Waals surface area (Å²) < 4.78 is 5.16. The molecular weight excluding hydrogens is 316 g/mol. The number of carbonyl (C=O) groups is 2. The molecule has 2 aromatic carbocycles. The van der Waals surface area contributed by atoms with Gasteiger partial charge in [0, 0.05) is 13.5 Å². The smallest absolute Gasteiger partial charge is 0.253 e. The van der Waals surface area contributed by atoms with Crippen LogP contribution in [-0.2, 0) is 10.2 Å². The molecule has 25 heavy (non-hydrogen) atoms. The largest absolute Gasteiger partial charge is 0.497 e. The molecule has 0 saturated heterocycles. The molecule has 0 radical (unpaired) electrons. The maximum absolute atomic E-state index is 12.5. The number of ether oxygens (including phenoxy) is 1. The number of amides is 2. The number of benzene rings is 2. The summed E-state index contributed by atoms with van der Waals surface area (Å²) in [6, 6.07) is 14.9. The van der Waals surface area contributed by atoms with Crippen LogP contribution in [0.3, 0.4) is 0 Å². The van der Waals surface area contributed by atoms with Crippen molar-refractivity contribution >= 4 is 17.5 Å². The van der Waals surface area contributed by atoms with E-state index in [-0.39, 0.29) is 17.2 Å². The van der Waals surface area contributed by atoms with E-state index in [1.54, 1.807) is 25.2 Å². The van der Waals surface area contributed by atoms with Gasteiger partial charge in [-0.1, -0.05) is 44.2 Å². The minimum Gasteiger partial charge on any atom is -0.497 e. The van der Waals surface area contributed by atoms with Gasteiger partial charge in [0.15, 0.2) is 0 Å². The maximum Gasteiger partial charge on any atom is 0.253 e. The molecule has 0 heterocycles. The highest BCUT2D eigenvalue weighted by molar-refractivity contribution is 6.04. The van der Waals surface area contributed by atoms with Crippen molar-refractivity contribution in [1.82, 2.24) is 5.32 Å². The Bertz CT molecular complexity index is 755. The Morgan fingerprint density at radius 2 is 1.76 bits per heavy atom. The summed E-state index contributed by atoms with van der Waals surface area (Å²) in [5, 5.41) is 5.42. The fourth-order valence-electron chi connectivity index (χ4n) is 2.67. The third-order valence-electron chi connectivity index (χ3n) is 4.13. The zero-order valence-electron chi connectivity index (χ0n) is 15.1. The van der Waals surface area contributed by atoms with Gasteiger partial charge in [-0.3, -0.25) is 9.59 Å². The van der Waals surface area contributed by atoms with Crippen LogP contribution in [0.25, 0.3) is 0 Å². The second-order valence-electron chi connectivity index (χ2n) is 6.47. The fourth-order valence-corrected chi connectivity index (χ4v) is 2.67. The molecule has 0 aromatic heterocycles. The summed E-state index contributed by atoms with van der Waals surface area (Å²) in [7, 11) is 3.08. The lowest BCUT2D eigenvalue weighted by molar-refractivity contribution is -0.117. The normalized spacial score (nSPS) is 10.9. The first-order valence-electron chi connectivity index (χ1n) is 8.13. The molecule has 0 atom stereocenters. The van der Waals surface area contributed by atoms with Gasteiger partial charge in [0.2, 0.25) is 5.91 Å². The van der Waals surface area contributed by atoms with Crippen molar-refractivity contribution in [3.63, 3.8) is 0 Å². The lowest BCUT2D eigenvalue weighted by Gasteiger charge is -2.25. The zero-order valence-corrected chi connectivity index (χ0v) is 15.1. The lowest BCUT2D eigenvalue weighted by Crippen LogP contribution is -2.27. The van der Waals surface area contributed by atoms with Gasteiger partial charge < -0.3 is 15.4 Å². The number of hydrogen-bond acceptors (Lipinski definition) is 3. The van der Waals surface area contributed by atoms with Crippen LogP contribution < -0.4 is 15.4 Å². The van der Waals surface area contributed by atoms with E-state index in [0.29, 0.717) is 23.4 Å². The molecule has 0 aliphatic heterocycles. The van der Waals surface area contributed by atoms with Crippen molar-refractivity contribution in [3.05, 3.63) is 59.7 Å². The maximum atomic E-state index is 12.5. The van der Waals surface area contributed by atoms with Gasteiger partial charge in [0.05, 0.1) is 18.4 Å². The summed E-state index contributed by atoms with van der Waals surface area (Å²) in [4.78, 5) is 24.6. The molecule has 0 spiro atoms. The molecule has 2 N–H and O–H groups in total. The first kappa shape index (κ1) is 18.5. The van der Waals surface area contributed by atoms with Crippen LogP contribution in [0.2, 0.25) is 0 Å². The number of carbonyl (C=O) groups excluding carboxylic acids is 2. The first-order valence-corrected chi connectivity index (χ1v) is 8.13. The van der Waals surface area contributed by atoms with Gasteiger partial charge in [0.1, 0.15) is 5.75 Å². The Labute approximate surface area is 148 Å². The van der Waals surface area contributed by atoms with Gasteiger partial charge in [-0.25, -0.2) is 0 Å². The SMILES string of the molecule is CNC(=O)c1cc(OC)ccc1NC(=O)CC(C)(C)c1ccccc1. The van der Waals surface area contributed by atoms with E-state index >= 15 is 0 Å². The van der Waals surface area contributed by atoms with Crippen molar-refractivity contribution in [2.45, 2.75) is 25.7 Å². The highest BCUT2D eigenvalue weighted by atomic mass is 16.5. The van der Waals surface area contributed by atoms with Crippen molar-refractivity contribution in [3.8, 4) is 5.75 Å². The summed E-state index contributed by atoms with van der Waals surface area (Å²) in [6.07, 6.45) is 0.302. The number of anilines is 1. The second-order valence-corrected chi connectivity index (χ2v) is 6.47. The van der Waals surface area contributed by atoms with E-state index in [2.05, 4.69) is 10.6 Å². The van der Waals surface area contributed by atoms with E-state index in [1.807, 2.05) is 44.2 Å². The second kappa shape index (κ2) is 7.83. The summed E-state index contributed by atoms with van der Waals surface area (Å²) in [6.45, 7) is 4.05. The van der Waals surface area contributed by atoms with Crippen LogP contribution in [0.5, 0.6) is 5.75 Å². The van der Waals surface area contributed by atoms with Gasteiger partial charge in [-0.15, -0.1) is 0 Å². The fraction of sp³-hybridized carbons (Fsp3) is 0.300. The van der Waals surface area contributed by atoms with Gasteiger partial charge >= 0.3 is 0 Å². The van der Waals surface area contributed by atoms with Crippen LogP contribution in [-0.4, -0.2) is 26.0 Å². The molecule has 2 amide bonds. The average Bonchev–Trinajstić information content (AvgIpc) is 2.61. The van der Waals surface area contributed by atoms with Crippen LogP contribution in [0, 0.1) is 0 Å². The highest BCUT2D eigenvalue weighted by Gasteiger charge is 2.25. The topological polar surface area (TPSA) is 67.4 Å². The number of rotatable bonds is 6. The van der Waals surface area contributed by atoms with Crippen LogP contribution in [0.15, 0.2) is 48.5 Å². The highest BCUT2D eigenvalue weighted by Crippen LogP contribution is 2.28. The zero-order chi connectivity index (χ0) is 18.4. The van der Waals surface area contributed by atoms with E-state index in [9.17, 15) is 9.59 Å². The quantitative estimate of drug-likeness (QED) is 0.847. The summed E-state index contributed by atoms with van der Waals surface area (Å²) >= 11 is 0. The van der Waals surface area contributed by atoms with Crippen molar-refractivity contribution < 1.29 is 14.3 Å². The van der Waals surface area contributed by atoms with E-state index in [1.165, 1.54) is 7.11 Å². The molecule has 0 saturated carbocycles. The van der Waals surface area contributed by atoms with Crippen molar-refractivity contribution in [2.75, 3.05) is 19.5 Å².